The largest absolute Gasteiger partial charge is 0.371 e. The number of benzene rings is 1. The molecular formula is C19H22N2. The highest BCUT2D eigenvalue weighted by Crippen LogP contribution is 2.24. The summed E-state index contributed by atoms with van der Waals surface area (Å²) in [4.78, 5) is 7.00. The maximum absolute atomic E-state index is 4.55. The summed E-state index contributed by atoms with van der Waals surface area (Å²) in [5.74, 6) is 0.327. The van der Waals surface area contributed by atoms with E-state index in [0.29, 0.717) is 5.92 Å². The van der Waals surface area contributed by atoms with Crippen molar-refractivity contribution in [3.8, 4) is 0 Å². The third kappa shape index (κ3) is 3.52. The molecule has 0 N–H and O–H groups in total. The van der Waals surface area contributed by atoms with Crippen LogP contribution in [0.5, 0.6) is 0 Å². The molecule has 1 aromatic carbocycles. The van der Waals surface area contributed by atoms with Crippen LogP contribution >= 0.6 is 0 Å². The third-order valence-electron chi connectivity index (χ3n) is 4.08. The van der Waals surface area contributed by atoms with Crippen LogP contribution in [0.4, 0.5) is 5.69 Å². The van der Waals surface area contributed by atoms with Gasteiger partial charge in [-0.2, -0.15) is 0 Å². The zero-order valence-corrected chi connectivity index (χ0v) is 12.6. The predicted molar refractivity (Wildman–Crippen MR) is 89.6 cm³/mol. The van der Waals surface area contributed by atoms with E-state index in [4.69, 9.17) is 0 Å². The van der Waals surface area contributed by atoms with Gasteiger partial charge in [-0.05, 0) is 30.5 Å². The zero-order chi connectivity index (χ0) is 14.5. The lowest BCUT2D eigenvalue weighted by molar-refractivity contribution is 0.896. The van der Waals surface area contributed by atoms with Gasteiger partial charge in [0.25, 0.3) is 0 Å². The maximum Gasteiger partial charge on any atom is 0.0490 e. The number of pyridine rings is 1. The molecule has 2 heterocycles. The molecule has 2 nitrogen and oxygen atoms in total. The van der Waals surface area contributed by atoms with Gasteiger partial charge in [-0.3, -0.25) is 4.98 Å². The quantitative estimate of drug-likeness (QED) is 0.818. The van der Waals surface area contributed by atoms with Crippen LogP contribution < -0.4 is 4.90 Å². The van der Waals surface area contributed by atoms with Gasteiger partial charge in [0.1, 0.15) is 0 Å². The fourth-order valence-corrected chi connectivity index (χ4v) is 2.78. The van der Waals surface area contributed by atoms with Crippen molar-refractivity contribution in [3.63, 3.8) is 0 Å². The second-order valence-corrected chi connectivity index (χ2v) is 5.69. The van der Waals surface area contributed by atoms with Crippen LogP contribution in [0.1, 0.15) is 36.9 Å². The van der Waals surface area contributed by atoms with E-state index < -0.39 is 0 Å². The average molecular weight is 278 g/mol. The second-order valence-electron chi connectivity index (χ2n) is 5.69. The van der Waals surface area contributed by atoms with Crippen molar-refractivity contribution in [2.45, 2.75) is 25.7 Å². The summed E-state index contributed by atoms with van der Waals surface area (Å²) in [5, 5.41) is 0. The Labute approximate surface area is 127 Å². The highest BCUT2D eigenvalue weighted by Gasteiger charge is 2.13. The van der Waals surface area contributed by atoms with Crippen LogP contribution in [-0.4, -0.2) is 18.1 Å². The number of anilines is 1. The van der Waals surface area contributed by atoms with E-state index in [1.165, 1.54) is 37.2 Å². The van der Waals surface area contributed by atoms with Gasteiger partial charge >= 0.3 is 0 Å². The van der Waals surface area contributed by atoms with Gasteiger partial charge in [0.05, 0.1) is 0 Å². The molecule has 3 rings (SSSR count). The Bertz CT molecular complexity index is 598. The first kappa shape index (κ1) is 13.9. The van der Waals surface area contributed by atoms with Gasteiger partial charge in [0, 0.05) is 36.6 Å². The van der Waals surface area contributed by atoms with Gasteiger partial charge < -0.3 is 4.90 Å². The van der Waals surface area contributed by atoms with Gasteiger partial charge in [-0.15, -0.1) is 0 Å². The molecule has 2 heteroatoms. The standard InChI is InChI=1S/C19H22N2/c1-16(9-10-17-7-3-2-4-8-17)19-15-18(11-12-20-19)21-13-5-6-14-21/h2-4,7-12,15-16H,5-6,13-14H2,1H3/b10-9+. The molecule has 0 saturated carbocycles. The van der Waals surface area contributed by atoms with Crippen molar-refractivity contribution < 1.29 is 0 Å². The van der Waals surface area contributed by atoms with E-state index in [-0.39, 0.29) is 0 Å². The molecule has 1 saturated heterocycles. The minimum absolute atomic E-state index is 0.327. The van der Waals surface area contributed by atoms with Gasteiger partial charge in [-0.25, -0.2) is 0 Å². The average Bonchev–Trinajstić information content (AvgIpc) is 3.08. The summed E-state index contributed by atoms with van der Waals surface area (Å²) in [5.41, 5.74) is 3.70. The Hall–Kier alpha value is -2.09. The Morgan fingerprint density at radius 1 is 1.10 bits per heavy atom. The Morgan fingerprint density at radius 2 is 1.86 bits per heavy atom. The molecular weight excluding hydrogens is 256 g/mol. The van der Waals surface area contributed by atoms with Crippen LogP contribution in [-0.2, 0) is 0 Å². The fraction of sp³-hybridized carbons (Fsp3) is 0.316. The smallest absolute Gasteiger partial charge is 0.0490 e. The Balaban J connectivity index is 1.73. The molecule has 0 aliphatic carbocycles. The molecule has 0 bridgehead atoms. The molecule has 1 atom stereocenters. The van der Waals surface area contributed by atoms with Crippen LogP contribution in [0.3, 0.4) is 0 Å². The fourth-order valence-electron chi connectivity index (χ4n) is 2.78. The molecule has 1 unspecified atom stereocenters. The van der Waals surface area contributed by atoms with E-state index >= 15 is 0 Å². The minimum atomic E-state index is 0.327. The van der Waals surface area contributed by atoms with Crippen molar-refractivity contribution >= 4 is 11.8 Å². The van der Waals surface area contributed by atoms with Crippen LogP contribution in [0.2, 0.25) is 0 Å². The van der Waals surface area contributed by atoms with Gasteiger partial charge in [-0.1, -0.05) is 49.4 Å². The number of hydrogen-bond donors (Lipinski definition) is 0. The lowest BCUT2D eigenvalue weighted by atomic mass is 10.0. The lowest BCUT2D eigenvalue weighted by Crippen LogP contribution is -2.17. The maximum atomic E-state index is 4.55. The van der Waals surface area contributed by atoms with Crippen LogP contribution in [0.25, 0.3) is 6.08 Å². The molecule has 21 heavy (non-hydrogen) atoms. The summed E-state index contributed by atoms with van der Waals surface area (Å²) in [6.45, 7) is 4.56. The van der Waals surface area contributed by atoms with Crippen molar-refractivity contribution in [2.24, 2.45) is 0 Å². The second kappa shape index (κ2) is 6.57. The lowest BCUT2D eigenvalue weighted by Gasteiger charge is -2.18. The first-order valence-corrected chi connectivity index (χ1v) is 7.77. The monoisotopic (exact) mass is 278 g/mol. The first-order valence-electron chi connectivity index (χ1n) is 7.77. The van der Waals surface area contributed by atoms with E-state index in [2.05, 4.69) is 65.4 Å². The number of rotatable bonds is 4. The number of aromatic nitrogens is 1. The van der Waals surface area contributed by atoms with Crippen molar-refractivity contribution in [2.75, 3.05) is 18.0 Å². The van der Waals surface area contributed by atoms with Crippen molar-refractivity contribution in [3.05, 3.63) is 66.0 Å². The molecule has 0 radical (unpaired) electrons. The number of nitrogens with zero attached hydrogens (tertiary/aromatic N) is 2. The Morgan fingerprint density at radius 3 is 2.62 bits per heavy atom. The first-order chi connectivity index (χ1) is 10.3. The van der Waals surface area contributed by atoms with E-state index in [1.807, 2.05) is 12.3 Å². The molecule has 0 amide bonds. The van der Waals surface area contributed by atoms with E-state index in [0.717, 1.165) is 5.69 Å². The third-order valence-corrected chi connectivity index (χ3v) is 4.08. The number of hydrogen-bond acceptors (Lipinski definition) is 2. The molecule has 1 aliphatic rings. The van der Waals surface area contributed by atoms with E-state index in [1.54, 1.807) is 0 Å². The Kier molecular flexibility index (Phi) is 4.34. The summed E-state index contributed by atoms with van der Waals surface area (Å²) in [7, 11) is 0. The van der Waals surface area contributed by atoms with Crippen LogP contribution in [0, 0.1) is 0 Å². The summed E-state index contributed by atoms with van der Waals surface area (Å²) in [6.07, 6.45) is 8.96. The SMILES string of the molecule is CC(/C=C/c1ccccc1)c1cc(N2CCCC2)ccn1. The summed E-state index contributed by atoms with van der Waals surface area (Å²) < 4.78 is 0. The van der Waals surface area contributed by atoms with Gasteiger partial charge in [0.2, 0.25) is 0 Å². The molecule has 1 aliphatic heterocycles. The molecule has 108 valence electrons. The summed E-state index contributed by atoms with van der Waals surface area (Å²) in [6, 6.07) is 14.8. The normalized spacial score (nSPS) is 16.5. The predicted octanol–water partition coefficient (Wildman–Crippen LogP) is 4.50. The summed E-state index contributed by atoms with van der Waals surface area (Å²) >= 11 is 0. The van der Waals surface area contributed by atoms with Crippen molar-refractivity contribution in [1.29, 1.82) is 0 Å². The highest BCUT2D eigenvalue weighted by molar-refractivity contribution is 5.52. The zero-order valence-electron chi connectivity index (χ0n) is 12.6. The van der Waals surface area contributed by atoms with Crippen molar-refractivity contribution in [1.82, 2.24) is 4.98 Å². The minimum Gasteiger partial charge on any atom is -0.371 e. The molecule has 0 spiro atoms. The topological polar surface area (TPSA) is 16.1 Å². The number of allylic oxidation sites excluding steroid dienone is 1. The van der Waals surface area contributed by atoms with Gasteiger partial charge in [0.15, 0.2) is 0 Å². The highest BCUT2D eigenvalue weighted by atomic mass is 15.1. The molecule has 2 aromatic rings. The molecule has 1 aromatic heterocycles. The molecule has 1 fully saturated rings. The van der Waals surface area contributed by atoms with Crippen LogP contribution in [0.15, 0.2) is 54.7 Å². The van der Waals surface area contributed by atoms with E-state index in [9.17, 15) is 0 Å².